The first-order chi connectivity index (χ1) is 11.2. The number of nitrogens with one attached hydrogen (secondary N) is 1. The molecular weight excluding hydrogens is 328 g/mol. The summed E-state index contributed by atoms with van der Waals surface area (Å²) in [5.74, 6) is 1.69. The maximum atomic E-state index is 5.34. The van der Waals surface area contributed by atoms with Crippen molar-refractivity contribution in [3.63, 3.8) is 0 Å². The van der Waals surface area contributed by atoms with Gasteiger partial charge in [-0.05, 0) is 48.4 Å². The van der Waals surface area contributed by atoms with Gasteiger partial charge in [0.05, 0.1) is 18.7 Å². The zero-order valence-corrected chi connectivity index (χ0v) is 14.7. The molecule has 1 N–H and O–H groups in total. The van der Waals surface area contributed by atoms with Gasteiger partial charge in [0.1, 0.15) is 5.75 Å². The van der Waals surface area contributed by atoms with Crippen molar-refractivity contribution in [2.75, 3.05) is 14.2 Å². The molecule has 0 atom stereocenters. The molecular formula is C16H18N4OS2. The van der Waals surface area contributed by atoms with E-state index in [1.165, 1.54) is 5.56 Å². The third kappa shape index (κ3) is 3.87. The minimum Gasteiger partial charge on any atom is -0.497 e. The zero-order valence-electron chi connectivity index (χ0n) is 13.0. The Morgan fingerprint density at radius 1 is 1.30 bits per heavy atom. The summed E-state index contributed by atoms with van der Waals surface area (Å²) in [6.07, 6.45) is 0. The van der Waals surface area contributed by atoms with Gasteiger partial charge in [0, 0.05) is 6.54 Å². The highest BCUT2D eigenvalue weighted by Crippen LogP contribution is 2.20. The predicted molar refractivity (Wildman–Crippen MR) is 95.2 cm³/mol. The lowest BCUT2D eigenvalue weighted by molar-refractivity contribution is 0.244. The van der Waals surface area contributed by atoms with E-state index in [1.807, 2.05) is 34.3 Å². The van der Waals surface area contributed by atoms with E-state index >= 15 is 0 Å². The van der Waals surface area contributed by atoms with Crippen molar-refractivity contribution in [3.8, 4) is 16.5 Å². The Hall–Kier alpha value is -1.96. The molecule has 3 aromatic rings. The monoisotopic (exact) mass is 346 g/mol. The van der Waals surface area contributed by atoms with Crippen LogP contribution in [0.2, 0.25) is 0 Å². The molecule has 0 aliphatic heterocycles. The molecule has 0 aliphatic carbocycles. The van der Waals surface area contributed by atoms with Gasteiger partial charge in [-0.25, -0.2) is 4.68 Å². The lowest BCUT2D eigenvalue weighted by Gasteiger charge is -2.17. The number of aromatic amines is 1. The van der Waals surface area contributed by atoms with E-state index in [1.54, 1.807) is 18.4 Å². The third-order valence-electron chi connectivity index (χ3n) is 3.43. The van der Waals surface area contributed by atoms with Crippen molar-refractivity contribution in [3.05, 3.63) is 52.1 Å². The minimum absolute atomic E-state index is 0.565. The largest absolute Gasteiger partial charge is 0.497 e. The molecule has 120 valence electrons. The highest BCUT2D eigenvalue weighted by molar-refractivity contribution is 7.71. The first kappa shape index (κ1) is 15.9. The Kier molecular flexibility index (Phi) is 4.90. The Balaban J connectivity index is 1.67. The molecule has 0 saturated heterocycles. The SMILES string of the molecule is COc1ccc(CN(C)Cn2[nH]c(-c3cccs3)nc2=S)cc1. The van der Waals surface area contributed by atoms with Gasteiger partial charge < -0.3 is 4.74 Å². The van der Waals surface area contributed by atoms with Crippen LogP contribution < -0.4 is 4.74 Å². The molecule has 0 saturated carbocycles. The van der Waals surface area contributed by atoms with E-state index in [4.69, 9.17) is 17.0 Å². The van der Waals surface area contributed by atoms with E-state index < -0.39 is 0 Å². The number of ether oxygens (including phenoxy) is 1. The van der Waals surface area contributed by atoms with Crippen molar-refractivity contribution < 1.29 is 4.74 Å². The molecule has 0 bridgehead atoms. The van der Waals surface area contributed by atoms with Crippen LogP contribution in [0.25, 0.3) is 10.7 Å². The van der Waals surface area contributed by atoms with Crippen molar-refractivity contribution in [2.45, 2.75) is 13.2 Å². The fourth-order valence-electron chi connectivity index (χ4n) is 2.31. The molecule has 2 heterocycles. The fourth-order valence-corrected chi connectivity index (χ4v) is 3.17. The standard InChI is InChI=1S/C16H18N4OS2/c1-19(10-12-5-7-13(21-2)8-6-12)11-20-16(22)17-15(18-20)14-4-3-9-23-14/h3-9H,10-11H2,1-2H3,(H,17,18,22). The van der Waals surface area contributed by atoms with Gasteiger partial charge in [-0.1, -0.05) is 18.2 Å². The molecule has 3 rings (SSSR count). The van der Waals surface area contributed by atoms with Crippen LogP contribution in [0.4, 0.5) is 0 Å². The fraction of sp³-hybridized carbons (Fsp3) is 0.250. The Bertz CT molecular complexity index is 805. The summed E-state index contributed by atoms with van der Waals surface area (Å²) in [5, 5.41) is 5.30. The number of rotatable bonds is 6. The third-order valence-corrected chi connectivity index (χ3v) is 4.62. The van der Waals surface area contributed by atoms with Crippen LogP contribution in [0.5, 0.6) is 5.75 Å². The number of nitrogens with zero attached hydrogens (tertiary/aromatic N) is 3. The first-order valence-corrected chi connectivity index (χ1v) is 8.46. The summed E-state index contributed by atoms with van der Waals surface area (Å²) in [6.45, 7) is 1.47. The normalized spacial score (nSPS) is 11.1. The van der Waals surface area contributed by atoms with Crippen LogP contribution in [0.15, 0.2) is 41.8 Å². The average Bonchev–Trinajstić information content (AvgIpc) is 3.18. The van der Waals surface area contributed by atoms with E-state index in [9.17, 15) is 0 Å². The summed E-state index contributed by atoms with van der Waals surface area (Å²) in [4.78, 5) is 7.69. The number of H-pyrrole nitrogens is 1. The van der Waals surface area contributed by atoms with Crippen molar-refractivity contribution >= 4 is 23.6 Å². The Labute approximate surface area is 144 Å². The second-order valence-corrected chi connectivity index (χ2v) is 6.58. The van der Waals surface area contributed by atoms with Gasteiger partial charge in [-0.15, -0.1) is 11.3 Å². The van der Waals surface area contributed by atoms with Gasteiger partial charge in [-0.2, -0.15) is 4.98 Å². The molecule has 0 fully saturated rings. The predicted octanol–water partition coefficient (Wildman–Crippen LogP) is 3.77. The van der Waals surface area contributed by atoms with Crippen molar-refractivity contribution in [1.29, 1.82) is 0 Å². The van der Waals surface area contributed by atoms with E-state index in [0.29, 0.717) is 11.4 Å². The molecule has 1 aromatic carbocycles. The lowest BCUT2D eigenvalue weighted by Crippen LogP contribution is -2.22. The van der Waals surface area contributed by atoms with Crippen LogP contribution in [0, 0.1) is 4.77 Å². The minimum atomic E-state index is 0.565. The molecule has 0 unspecified atom stereocenters. The molecule has 0 amide bonds. The molecule has 5 nitrogen and oxygen atoms in total. The van der Waals surface area contributed by atoms with Crippen molar-refractivity contribution in [2.24, 2.45) is 0 Å². The van der Waals surface area contributed by atoms with Crippen LogP contribution in [0.3, 0.4) is 0 Å². The number of methoxy groups -OCH3 is 1. The Morgan fingerprint density at radius 2 is 2.09 bits per heavy atom. The summed E-state index contributed by atoms with van der Waals surface area (Å²) < 4.78 is 7.63. The molecule has 2 aromatic heterocycles. The first-order valence-electron chi connectivity index (χ1n) is 7.18. The number of benzene rings is 1. The van der Waals surface area contributed by atoms with Crippen LogP contribution in [0.1, 0.15) is 5.56 Å². The van der Waals surface area contributed by atoms with Gasteiger partial charge in [0.2, 0.25) is 4.77 Å². The van der Waals surface area contributed by atoms with Crippen LogP contribution >= 0.6 is 23.6 Å². The summed E-state index contributed by atoms with van der Waals surface area (Å²) in [7, 11) is 3.73. The van der Waals surface area contributed by atoms with E-state index in [0.717, 1.165) is 23.0 Å². The maximum absolute atomic E-state index is 5.34. The molecule has 0 spiro atoms. The molecule has 23 heavy (non-hydrogen) atoms. The zero-order chi connectivity index (χ0) is 16.2. The lowest BCUT2D eigenvalue weighted by atomic mass is 10.2. The second-order valence-electron chi connectivity index (χ2n) is 5.26. The number of thiophene rings is 1. The van der Waals surface area contributed by atoms with E-state index in [2.05, 4.69) is 34.2 Å². The van der Waals surface area contributed by atoms with Crippen LogP contribution in [-0.4, -0.2) is 33.8 Å². The summed E-state index contributed by atoms with van der Waals surface area (Å²) in [5.41, 5.74) is 1.22. The summed E-state index contributed by atoms with van der Waals surface area (Å²) >= 11 is 6.99. The highest BCUT2D eigenvalue weighted by Gasteiger charge is 2.08. The second kappa shape index (κ2) is 7.08. The van der Waals surface area contributed by atoms with Crippen LogP contribution in [-0.2, 0) is 13.2 Å². The number of aromatic nitrogens is 3. The van der Waals surface area contributed by atoms with E-state index in [-0.39, 0.29) is 0 Å². The molecule has 7 heteroatoms. The van der Waals surface area contributed by atoms with Gasteiger partial charge >= 0.3 is 0 Å². The smallest absolute Gasteiger partial charge is 0.217 e. The Morgan fingerprint density at radius 3 is 2.74 bits per heavy atom. The number of hydrogen-bond acceptors (Lipinski definition) is 5. The van der Waals surface area contributed by atoms with Gasteiger partial charge in [0.25, 0.3) is 0 Å². The summed E-state index contributed by atoms with van der Waals surface area (Å²) in [6, 6.07) is 12.1. The van der Waals surface area contributed by atoms with Crippen molar-refractivity contribution in [1.82, 2.24) is 19.7 Å². The average molecular weight is 346 g/mol. The quantitative estimate of drug-likeness (QED) is 0.690. The van der Waals surface area contributed by atoms with Gasteiger partial charge in [-0.3, -0.25) is 10.00 Å². The topological polar surface area (TPSA) is 46.1 Å². The maximum Gasteiger partial charge on any atom is 0.217 e. The number of hydrogen-bond donors (Lipinski definition) is 1. The molecule has 0 aliphatic rings. The molecule has 0 radical (unpaired) electrons. The highest BCUT2D eigenvalue weighted by atomic mass is 32.1. The van der Waals surface area contributed by atoms with Gasteiger partial charge in [0.15, 0.2) is 5.82 Å².